The van der Waals surface area contributed by atoms with E-state index in [1.807, 2.05) is 0 Å². The van der Waals surface area contributed by atoms with Gasteiger partial charge >= 0.3 is 6.03 Å². The van der Waals surface area contributed by atoms with Crippen LogP contribution in [0.5, 0.6) is 5.75 Å². The lowest BCUT2D eigenvalue weighted by Gasteiger charge is -2.26. The molecule has 0 saturated carbocycles. The number of benzene rings is 2. The molecule has 1 saturated heterocycles. The van der Waals surface area contributed by atoms with Crippen LogP contribution in [0, 0.1) is 10.1 Å². The van der Waals surface area contributed by atoms with Crippen LogP contribution < -0.4 is 15.0 Å². The number of anilines is 1. The summed E-state index contributed by atoms with van der Waals surface area (Å²) in [6.07, 6.45) is 1.15. The van der Waals surface area contributed by atoms with Gasteiger partial charge in [0, 0.05) is 22.2 Å². The van der Waals surface area contributed by atoms with Crippen LogP contribution in [0.3, 0.4) is 0 Å². The molecule has 4 amide bonds. The van der Waals surface area contributed by atoms with E-state index in [-0.39, 0.29) is 28.3 Å². The van der Waals surface area contributed by atoms with Crippen LogP contribution in [0.15, 0.2) is 52.5 Å². The second kappa shape index (κ2) is 7.61. The van der Waals surface area contributed by atoms with Crippen LogP contribution in [0.2, 0.25) is 0 Å². The van der Waals surface area contributed by atoms with Gasteiger partial charge in [-0.3, -0.25) is 25.0 Å². The number of hydrogen-bond acceptors (Lipinski definition) is 6. The lowest BCUT2D eigenvalue weighted by molar-refractivity contribution is -0.384. The average molecular weight is 446 g/mol. The highest BCUT2D eigenvalue weighted by molar-refractivity contribution is 9.10. The molecule has 1 aliphatic rings. The van der Waals surface area contributed by atoms with Crippen LogP contribution in [0.4, 0.5) is 16.2 Å². The Morgan fingerprint density at radius 3 is 2.43 bits per heavy atom. The highest BCUT2D eigenvalue weighted by Crippen LogP contribution is 2.28. The summed E-state index contributed by atoms with van der Waals surface area (Å²) >= 11 is 3.26. The van der Waals surface area contributed by atoms with Crippen LogP contribution >= 0.6 is 15.9 Å². The van der Waals surface area contributed by atoms with Crippen LogP contribution in [-0.2, 0) is 9.59 Å². The van der Waals surface area contributed by atoms with E-state index in [4.69, 9.17) is 4.74 Å². The zero-order valence-corrected chi connectivity index (χ0v) is 15.9. The summed E-state index contributed by atoms with van der Waals surface area (Å²) in [7, 11) is 1.35. The number of carbonyl (C=O) groups excluding carboxylic acids is 3. The second-order valence-electron chi connectivity index (χ2n) is 5.62. The SMILES string of the molecule is COc1ccc([N+](=O)[O-])cc1/C=C1\C(=O)NC(=O)N(c2ccc(Br)cc2)C1=O. The van der Waals surface area contributed by atoms with E-state index < -0.39 is 22.8 Å². The predicted molar refractivity (Wildman–Crippen MR) is 103 cm³/mol. The van der Waals surface area contributed by atoms with Crippen LogP contribution in [0.1, 0.15) is 5.56 Å². The molecule has 0 atom stereocenters. The summed E-state index contributed by atoms with van der Waals surface area (Å²) < 4.78 is 5.89. The minimum absolute atomic E-state index is 0.153. The van der Waals surface area contributed by atoms with Gasteiger partial charge in [0.05, 0.1) is 17.7 Å². The maximum absolute atomic E-state index is 12.8. The van der Waals surface area contributed by atoms with E-state index in [9.17, 15) is 24.5 Å². The quantitative estimate of drug-likeness (QED) is 0.334. The fourth-order valence-electron chi connectivity index (χ4n) is 2.59. The molecular formula is C18H12BrN3O6. The first-order valence-corrected chi connectivity index (χ1v) is 8.60. The smallest absolute Gasteiger partial charge is 0.335 e. The number of nitro benzene ring substituents is 1. The number of nitrogens with zero attached hydrogens (tertiary/aromatic N) is 2. The van der Waals surface area contributed by atoms with Crippen molar-refractivity contribution in [2.24, 2.45) is 0 Å². The Bertz CT molecular complexity index is 1030. The van der Waals surface area contributed by atoms with Crippen molar-refractivity contribution in [1.29, 1.82) is 0 Å². The van der Waals surface area contributed by atoms with Crippen LogP contribution in [-0.4, -0.2) is 29.9 Å². The fourth-order valence-corrected chi connectivity index (χ4v) is 2.85. The third kappa shape index (κ3) is 3.62. The summed E-state index contributed by atoms with van der Waals surface area (Å²) in [6.45, 7) is 0. The Hall–Kier alpha value is -3.53. The highest BCUT2D eigenvalue weighted by Gasteiger charge is 2.37. The fraction of sp³-hybridized carbons (Fsp3) is 0.0556. The molecule has 0 unspecified atom stereocenters. The number of imide groups is 2. The molecule has 9 nitrogen and oxygen atoms in total. The topological polar surface area (TPSA) is 119 Å². The molecule has 2 aromatic carbocycles. The summed E-state index contributed by atoms with van der Waals surface area (Å²) in [5.74, 6) is -1.53. The lowest BCUT2D eigenvalue weighted by atomic mass is 10.1. The molecular weight excluding hydrogens is 434 g/mol. The summed E-state index contributed by atoms with van der Waals surface area (Å²) in [5, 5.41) is 13.1. The molecule has 0 aromatic heterocycles. The number of amides is 4. The molecule has 1 fully saturated rings. The zero-order valence-electron chi connectivity index (χ0n) is 14.3. The van der Waals surface area contributed by atoms with Crippen molar-refractivity contribution in [3.05, 3.63) is 68.2 Å². The minimum atomic E-state index is -0.906. The lowest BCUT2D eigenvalue weighted by Crippen LogP contribution is -2.54. The van der Waals surface area contributed by atoms with Crippen LogP contribution in [0.25, 0.3) is 6.08 Å². The highest BCUT2D eigenvalue weighted by atomic mass is 79.9. The summed E-state index contributed by atoms with van der Waals surface area (Å²) in [4.78, 5) is 48.5. The van der Waals surface area contributed by atoms with Gasteiger partial charge in [0.15, 0.2) is 0 Å². The summed E-state index contributed by atoms with van der Waals surface area (Å²) in [6, 6.07) is 9.21. The molecule has 1 aliphatic heterocycles. The van der Waals surface area contributed by atoms with E-state index in [1.165, 1.54) is 37.4 Å². The molecule has 0 aliphatic carbocycles. The second-order valence-corrected chi connectivity index (χ2v) is 6.53. The van der Waals surface area contributed by atoms with E-state index in [0.717, 1.165) is 15.4 Å². The maximum atomic E-state index is 12.8. The maximum Gasteiger partial charge on any atom is 0.335 e. The number of urea groups is 1. The Morgan fingerprint density at radius 2 is 1.82 bits per heavy atom. The van der Waals surface area contributed by atoms with Gasteiger partial charge in [-0.2, -0.15) is 0 Å². The van der Waals surface area contributed by atoms with Gasteiger partial charge in [0.2, 0.25) is 0 Å². The number of rotatable bonds is 4. The van der Waals surface area contributed by atoms with Crippen molar-refractivity contribution in [2.75, 3.05) is 12.0 Å². The molecule has 1 N–H and O–H groups in total. The number of nitro groups is 1. The molecule has 0 spiro atoms. The van der Waals surface area contributed by atoms with E-state index >= 15 is 0 Å². The first-order chi connectivity index (χ1) is 13.3. The van der Waals surface area contributed by atoms with E-state index in [1.54, 1.807) is 12.1 Å². The van der Waals surface area contributed by atoms with Gasteiger partial charge in [-0.15, -0.1) is 0 Å². The summed E-state index contributed by atoms with van der Waals surface area (Å²) in [5.41, 5.74) is -0.186. The molecule has 0 radical (unpaired) electrons. The number of carbonyl (C=O) groups is 3. The molecule has 142 valence electrons. The van der Waals surface area contributed by atoms with Crippen molar-refractivity contribution >= 4 is 51.2 Å². The molecule has 2 aromatic rings. The van der Waals surface area contributed by atoms with Crippen molar-refractivity contribution in [1.82, 2.24) is 5.32 Å². The van der Waals surface area contributed by atoms with Crippen molar-refractivity contribution < 1.29 is 24.0 Å². The minimum Gasteiger partial charge on any atom is -0.496 e. The average Bonchev–Trinajstić information content (AvgIpc) is 2.66. The Labute approximate surface area is 166 Å². The number of hydrogen-bond donors (Lipinski definition) is 1. The number of barbiturate groups is 1. The van der Waals surface area contributed by atoms with E-state index in [2.05, 4.69) is 21.2 Å². The van der Waals surface area contributed by atoms with Gasteiger partial charge in [-0.05, 0) is 36.4 Å². The largest absolute Gasteiger partial charge is 0.496 e. The zero-order chi connectivity index (χ0) is 20.4. The van der Waals surface area contributed by atoms with Crippen molar-refractivity contribution in [3.8, 4) is 5.75 Å². The third-order valence-electron chi connectivity index (χ3n) is 3.91. The Balaban J connectivity index is 2.08. The van der Waals surface area contributed by atoms with Gasteiger partial charge < -0.3 is 4.74 Å². The number of methoxy groups -OCH3 is 1. The number of halogens is 1. The first-order valence-electron chi connectivity index (χ1n) is 7.81. The van der Waals surface area contributed by atoms with E-state index in [0.29, 0.717) is 0 Å². The predicted octanol–water partition coefficient (Wildman–Crippen LogP) is 3.03. The first kappa shape index (κ1) is 19.2. The van der Waals surface area contributed by atoms with Crippen molar-refractivity contribution in [2.45, 2.75) is 0 Å². The number of non-ortho nitro benzene ring substituents is 1. The Kier molecular flexibility index (Phi) is 5.23. The molecule has 10 heteroatoms. The van der Waals surface area contributed by atoms with Gasteiger partial charge in [-0.25, -0.2) is 9.69 Å². The monoisotopic (exact) mass is 445 g/mol. The van der Waals surface area contributed by atoms with Crippen molar-refractivity contribution in [3.63, 3.8) is 0 Å². The Morgan fingerprint density at radius 1 is 1.14 bits per heavy atom. The number of nitrogens with one attached hydrogen (secondary N) is 1. The standard InChI is InChI=1S/C18H12BrN3O6/c1-28-15-7-6-13(22(26)27)8-10(15)9-14-16(23)20-18(25)21(17(14)24)12-4-2-11(19)3-5-12/h2-9H,1H3,(H,20,23,25)/b14-9+. The molecule has 0 bridgehead atoms. The third-order valence-corrected chi connectivity index (χ3v) is 4.44. The molecule has 28 heavy (non-hydrogen) atoms. The molecule has 1 heterocycles. The van der Waals surface area contributed by atoms with Gasteiger partial charge in [0.25, 0.3) is 17.5 Å². The number of ether oxygens (including phenoxy) is 1. The normalized spacial score (nSPS) is 15.6. The molecule has 3 rings (SSSR count). The van der Waals surface area contributed by atoms with Gasteiger partial charge in [-0.1, -0.05) is 15.9 Å². The van der Waals surface area contributed by atoms with Gasteiger partial charge in [0.1, 0.15) is 11.3 Å².